The van der Waals surface area contributed by atoms with E-state index in [-0.39, 0.29) is 18.4 Å². The van der Waals surface area contributed by atoms with Crippen molar-refractivity contribution >= 4 is 29.8 Å². The summed E-state index contributed by atoms with van der Waals surface area (Å²) < 4.78 is 4.95. The van der Waals surface area contributed by atoms with Gasteiger partial charge in [-0.25, -0.2) is 4.79 Å². The number of likely N-dealkylation sites (N-methyl/N-ethyl adjacent to an activating group) is 1. The number of carbonyl (C=O) groups is 1. The maximum absolute atomic E-state index is 12.1. The SMILES string of the molecule is COC(=O)c1cc(N2CCC(N)CC2)cc(N2CCN(C)CC2)c1.Cl. The smallest absolute Gasteiger partial charge is 0.337 e. The van der Waals surface area contributed by atoms with E-state index in [9.17, 15) is 4.79 Å². The van der Waals surface area contributed by atoms with Crippen molar-refractivity contribution in [2.45, 2.75) is 18.9 Å². The van der Waals surface area contributed by atoms with Crippen LogP contribution in [0.5, 0.6) is 0 Å². The third-order valence-corrected chi connectivity index (χ3v) is 5.10. The van der Waals surface area contributed by atoms with Crippen molar-refractivity contribution in [3.05, 3.63) is 23.8 Å². The van der Waals surface area contributed by atoms with E-state index in [4.69, 9.17) is 10.5 Å². The Morgan fingerprint density at radius 2 is 1.52 bits per heavy atom. The van der Waals surface area contributed by atoms with E-state index in [1.165, 1.54) is 7.11 Å². The van der Waals surface area contributed by atoms with Crippen LogP contribution in [0, 0.1) is 0 Å². The molecule has 0 saturated carbocycles. The summed E-state index contributed by atoms with van der Waals surface area (Å²) in [5, 5.41) is 0. The molecular formula is C18H29ClN4O2. The van der Waals surface area contributed by atoms with Crippen LogP contribution in [-0.4, -0.2) is 70.3 Å². The van der Waals surface area contributed by atoms with E-state index in [0.29, 0.717) is 11.6 Å². The molecule has 2 saturated heterocycles. The number of benzene rings is 1. The van der Waals surface area contributed by atoms with Crippen molar-refractivity contribution in [1.29, 1.82) is 0 Å². The topological polar surface area (TPSA) is 62.0 Å². The molecule has 2 aliphatic heterocycles. The van der Waals surface area contributed by atoms with E-state index in [1.54, 1.807) is 0 Å². The first-order valence-electron chi connectivity index (χ1n) is 8.74. The highest BCUT2D eigenvalue weighted by molar-refractivity contribution is 5.92. The number of hydrogen-bond acceptors (Lipinski definition) is 6. The fourth-order valence-electron chi connectivity index (χ4n) is 3.42. The minimum atomic E-state index is -0.277. The predicted octanol–water partition coefficient (Wildman–Crippen LogP) is 1.57. The Labute approximate surface area is 156 Å². The van der Waals surface area contributed by atoms with Crippen LogP contribution in [-0.2, 0) is 4.74 Å². The summed E-state index contributed by atoms with van der Waals surface area (Å²) in [5.41, 5.74) is 8.85. The van der Waals surface area contributed by atoms with Gasteiger partial charge in [0.15, 0.2) is 0 Å². The zero-order valence-electron chi connectivity index (χ0n) is 15.1. The van der Waals surface area contributed by atoms with Crippen molar-refractivity contribution in [3.8, 4) is 0 Å². The molecular weight excluding hydrogens is 340 g/mol. The maximum Gasteiger partial charge on any atom is 0.337 e. The molecule has 6 nitrogen and oxygen atoms in total. The number of methoxy groups -OCH3 is 1. The molecule has 3 rings (SSSR count). The fraction of sp³-hybridized carbons (Fsp3) is 0.611. The van der Waals surface area contributed by atoms with Crippen molar-refractivity contribution in [2.24, 2.45) is 5.73 Å². The number of carbonyl (C=O) groups excluding carboxylic acids is 1. The van der Waals surface area contributed by atoms with Crippen molar-refractivity contribution in [3.63, 3.8) is 0 Å². The van der Waals surface area contributed by atoms with E-state index in [0.717, 1.165) is 63.5 Å². The second-order valence-electron chi connectivity index (χ2n) is 6.84. The maximum atomic E-state index is 12.1. The predicted molar refractivity (Wildman–Crippen MR) is 104 cm³/mol. The summed E-state index contributed by atoms with van der Waals surface area (Å²) >= 11 is 0. The van der Waals surface area contributed by atoms with Gasteiger partial charge in [0.25, 0.3) is 0 Å². The van der Waals surface area contributed by atoms with Gasteiger partial charge < -0.3 is 25.2 Å². The summed E-state index contributed by atoms with van der Waals surface area (Å²) in [4.78, 5) is 19.1. The van der Waals surface area contributed by atoms with Crippen LogP contribution in [0.15, 0.2) is 18.2 Å². The van der Waals surface area contributed by atoms with Crippen molar-refractivity contribution < 1.29 is 9.53 Å². The van der Waals surface area contributed by atoms with E-state index in [1.807, 2.05) is 12.1 Å². The van der Waals surface area contributed by atoms with Crippen LogP contribution in [0.2, 0.25) is 0 Å². The van der Waals surface area contributed by atoms with Crippen LogP contribution in [0.3, 0.4) is 0 Å². The molecule has 0 aromatic heterocycles. The average molecular weight is 369 g/mol. The molecule has 2 N–H and O–H groups in total. The number of nitrogens with two attached hydrogens (primary N) is 1. The van der Waals surface area contributed by atoms with E-state index >= 15 is 0 Å². The van der Waals surface area contributed by atoms with Gasteiger partial charge in [0.2, 0.25) is 0 Å². The molecule has 0 bridgehead atoms. The highest BCUT2D eigenvalue weighted by Crippen LogP contribution is 2.28. The minimum absolute atomic E-state index is 0. The number of esters is 1. The minimum Gasteiger partial charge on any atom is -0.465 e. The molecule has 7 heteroatoms. The van der Waals surface area contributed by atoms with Crippen LogP contribution in [0.1, 0.15) is 23.2 Å². The van der Waals surface area contributed by atoms with Gasteiger partial charge in [-0.2, -0.15) is 0 Å². The van der Waals surface area contributed by atoms with Crippen LogP contribution in [0.25, 0.3) is 0 Å². The molecule has 1 aromatic carbocycles. The first-order chi connectivity index (χ1) is 11.6. The Balaban J connectivity index is 0.00000225. The van der Waals surface area contributed by atoms with Crippen LogP contribution in [0.4, 0.5) is 11.4 Å². The lowest BCUT2D eigenvalue weighted by atomic mass is 10.0. The number of piperidine rings is 1. The monoisotopic (exact) mass is 368 g/mol. The molecule has 1 aromatic rings. The Bertz CT molecular complexity index is 542. The fourth-order valence-corrected chi connectivity index (χ4v) is 3.42. The number of nitrogens with zero attached hydrogens (tertiary/aromatic N) is 3. The van der Waals surface area contributed by atoms with Gasteiger partial charge in [-0.15, -0.1) is 12.4 Å². The number of anilines is 2. The molecule has 0 spiro atoms. The Morgan fingerprint density at radius 1 is 1.00 bits per heavy atom. The Morgan fingerprint density at radius 3 is 2.04 bits per heavy atom. The number of piperazine rings is 1. The molecule has 0 atom stereocenters. The normalized spacial score (nSPS) is 19.5. The molecule has 2 aliphatic rings. The van der Waals surface area contributed by atoms with Crippen molar-refractivity contribution in [1.82, 2.24) is 4.90 Å². The van der Waals surface area contributed by atoms with Gasteiger partial charge in [-0.3, -0.25) is 0 Å². The molecule has 0 unspecified atom stereocenters. The number of halogens is 1. The summed E-state index contributed by atoms with van der Waals surface area (Å²) in [6.45, 7) is 5.91. The van der Waals surface area contributed by atoms with Gasteiger partial charge in [-0.1, -0.05) is 0 Å². The van der Waals surface area contributed by atoms with Gasteiger partial charge in [0, 0.05) is 56.7 Å². The second-order valence-corrected chi connectivity index (χ2v) is 6.84. The van der Waals surface area contributed by atoms with Gasteiger partial charge >= 0.3 is 5.97 Å². The van der Waals surface area contributed by atoms with Crippen LogP contribution < -0.4 is 15.5 Å². The lowest BCUT2D eigenvalue weighted by molar-refractivity contribution is 0.0601. The standard InChI is InChI=1S/C18H28N4O2.ClH/c1-20-7-9-22(10-8-20)17-12-14(18(23)24-2)11-16(13-17)21-5-3-15(19)4-6-21;/h11-13,15H,3-10,19H2,1-2H3;1H. The highest BCUT2D eigenvalue weighted by atomic mass is 35.5. The van der Waals surface area contributed by atoms with Crippen LogP contribution >= 0.6 is 12.4 Å². The lowest BCUT2D eigenvalue weighted by Crippen LogP contribution is -2.44. The van der Waals surface area contributed by atoms with E-state index in [2.05, 4.69) is 27.8 Å². The summed E-state index contributed by atoms with van der Waals surface area (Å²) in [5.74, 6) is -0.277. The average Bonchev–Trinajstić information content (AvgIpc) is 2.62. The zero-order chi connectivity index (χ0) is 17.1. The molecule has 2 fully saturated rings. The summed E-state index contributed by atoms with van der Waals surface area (Å²) in [6, 6.07) is 6.40. The third kappa shape index (κ3) is 4.77. The van der Waals surface area contributed by atoms with E-state index < -0.39 is 0 Å². The summed E-state index contributed by atoms with van der Waals surface area (Å²) in [6.07, 6.45) is 1.98. The summed E-state index contributed by atoms with van der Waals surface area (Å²) in [7, 11) is 3.58. The number of hydrogen-bond donors (Lipinski definition) is 1. The zero-order valence-corrected chi connectivity index (χ0v) is 15.9. The first-order valence-corrected chi connectivity index (χ1v) is 8.74. The molecule has 2 heterocycles. The molecule has 0 radical (unpaired) electrons. The first kappa shape index (κ1) is 19.8. The quantitative estimate of drug-likeness (QED) is 0.817. The molecule has 140 valence electrons. The van der Waals surface area contributed by atoms with Gasteiger partial charge in [-0.05, 0) is 38.1 Å². The third-order valence-electron chi connectivity index (χ3n) is 5.10. The van der Waals surface area contributed by atoms with Gasteiger partial charge in [0.1, 0.15) is 0 Å². The second kappa shape index (κ2) is 8.74. The number of ether oxygens (including phenoxy) is 1. The molecule has 25 heavy (non-hydrogen) atoms. The Hall–Kier alpha value is -1.50. The molecule has 0 amide bonds. The lowest BCUT2D eigenvalue weighted by Gasteiger charge is -2.36. The number of rotatable bonds is 3. The highest BCUT2D eigenvalue weighted by Gasteiger charge is 2.21. The largest absolute Gasteiger partial charge is 0.465 e. The van der Waals surface area contributed by atoms with Crippen molar-refractivity contribution in [2.75, 3.05) is 63.2 Å². The molecule has 0 aliphatic carbocycles. The Kier molecular flexibility index (Phi) is 6.93. The van der Waals surface area contributed by atoms with Gasteiger partial charge in [0.05, 0.1) is 12.7 Å².